The topological polar surface area (TPSA) is 105 Å². The molecule has 3 amide bonds. The molecule has 1 aliphatic heterocycles. The maximum atomic E-state index is 13.1. The summed E-state index contributed by atoms with van der Waals surface area (Å²) in [4.78, 5) is 39.8. The average molecular weight is 449 g/mol. The molecule has 32 heavy (non-hydrogen) atoms. The number of carbonyl (C=O) groups excluding carboxylic acids is 2. The molecule has 1 heterocycles. The SMILES string of the molecule is CCN1C(=O)c2ccccc2Sc2ccc(NC(=O)Nc3cccc([N+](=O)[O-])c3C)cc21. The van der Waals surface area contributed by atoms with Gasteiger partial charge in [-0.2, -0.15) is 0 Å². The number of nitro benzene ring substituents is 1. The van der Waals surface area contributed by atoms with Gasteiger partial charge in [-0.15, -0.1) is 0 Å². The molecule has 0 bridgehead atoms. The summed E-state index contributed by atoms with van der Waals surface area (Å²) in [6.07, 6.45) is 0. The third kappa shape index (κ3) is 4.02. The van der Waals surface area contributed by atoms with Crippen LogP contribution in [0.2, 0.25) is 0 Å². The van der Waals surface area contributed by atoms with Gasteiger partial charge in [0.2, 0.25) is 0 Å². The first-order chi connectivity index (χ1) is 15.4. The molecule has 162 valence electrons. The summed E-state index contributed by atoms with van der Waals surface area (Å²) >= 11 is 1.51. The van der Waals surface area contributed by atoms with Gasteiger partial charge in [0.05, 0.1) is 27.4 Å². The minimum Gasteiger partial charge on any atom is -0.308 e. The number of carbonyl (C=O) groups is 2. The van der Waals surface area contributed by atoms with Crippen LogP contribution in [0.15, 0.2) is 70.5 Å². The largest absolute Gasteiger partial charge is 0.323 e. The second kappa shape index (κ2) is 8.72. The second-order valence-corrected chi connectivity index (χ2v) is 8.20. The van der Waals surface area contributed by atoms with Crippen molar-refractivity contribution in [1.29, 1.82) is 0 Å². The predicted octanol–water partition coefficient (Wildman–Crippen LogP) is 5.68. The summed E-state index contributed by atoms with van der Waals surface area (Å²) in [7, 11) is 0. The minimum absolute atomic E-state index is 0.0680. The molecule has 0 spiro atoms. The van der Waals surface area contributed by atoms with Crippen LogP contribution in [-0.2, 0) is 0 Å². The fourth-order valence-electron chi connectivity index (χ4n) is 3.55. The molecule has 1 aliphatic rings. The van der Waals surface area contributed by atoms with Crippen molar-refractivity contribution < 1.29 is 14.5 Å². The number of anilines is 3. The van der Waals surface area contributed by atoms with E-state index in [0.717, 1.165) is 9.79 Å². The van der Waals surface area contributed by atoms with E-state index < -0.39 is 11.0 Å². The van der Waals surface area contributed by atoms with Crippen LogP contribution in [0.3, 0.4) is 0 Å². The summed E-state index contributed by atoms with van der Waals surface area (Å²) in [5, 5.41) is 16.5. The Hall–Kier alpha value is -3.85. The van der Waals surface area contributed by atoms with Crippen molar-refractivity contribution in [2.75, 3.05) is 22.1 Å². The van der Waals surface area contributed by atoms with E-state index >= 15 is 0 Å². The first kappa shape index (κ1) is 21.4. The zero-order chi connectivity index (χ0) is 22.8. The van der Waals surface area contributed by atoms with E-state index in [0.29, 0.717) is 34.7 Å². The van der Waals surface area contributed by atoms with E-state index in [1.807, 2.05) is 37.3 Å². The van der Waals surface area contributed by atoms with Gasteiger partial charge in [0, 0.05) is 28.1 Å². The number of hydrogen-bond donors (Lipinski definition) is 2. The standard InChI is InChI=1S/C23H20N4O4S/c1-3-26-19-13-15(11-12-21(19)32-20-10-5-4-7-16(20)22(26)28)24-23(29)25-17-8-6-9-18(14(17)2)27(30)31/h4-13H,3H2,1-2H3,(H2,24,25,29). The maximum absolute atomic E-state index is 13.1. The highest BCUT2D eigenvalue weighted by Gasteiger charge is 2.26. The van der Waals surface area contributed by atoms with Gasteiger partial charge in [0.15, 0.2) is 0 Å². The molecule has 0 radical (unpaired) electrons. The minimum atomic E-state index is -0.535. The number of rotatable bonds is 4. The van der Waals surface area contributed by atoms with E-state index in [-0.39, 0.29) is 11.6 Å². The number of amides is 3. The van der Waals surface area contributed by atoms with Crippen LogP contribution in [0, 0.1) is 17.0 Å². The Morgan fingerprint density at radius 3 is 2.59 bits per heavy atom. The van der Waals surface area contributed by atoms with Gasteiger partial charge >= 0.3 is 6.03 Å². The fraction of sp³-hybridized carbons (Fsp3) is 0.130. The molecule has 3 aromatic rings. The number of hydrogen-bond acceptors (Lipinski definition) is 5. The Labute approximate surface area is 188 Å². The van der Waals surface area contributed by atoms with Crippen LogP contribution >= 0.6 is 11.8 Å². The highest BCUT2D eigenvalue weighted by molar-refractivity contribution is 7.99. The molecule has 0 aliphatic carbocycles. The number of benzene rings is 3. The van der Waals surface area contributed by atoms with E-state index in [1.165, 1.54) is 23.9 Å². The zero-order valence-corrected chi connectivity index (χ0v) is 18.2. The Bertz CT molecular complexity index is 1240. The van der Waals surface area contributed by atoms with Crippen molar-refractivity contribution in [2.24, 2.45) is 0 Å². The van der Waals surface area contributed by atoms with Gasteiger partial charge in [0.25, 0.3) is 11.6 Å². The smallest absolute Gasteiger partial charge is 0.308 e. The second-order valence-electron chi connectivity index (χ2n) is 7.12. The van der Waals surface area contributed by atoms with Gasteiger partial charge in [-0.1, -0.05) is 30.0 Å². The Kier molecular flexibility index (Phi) is 5.83. The highest BCUT2D eigenvalue weighted by Crippen LogP contribution is 2.42. The van der Waals surface area contributed by atoms with Crippen LogP contribution < -0.4 is 15.5 Å². The quantitative estimate of drug-likeness (QED) is 0.395. The van der Waals surface area contributed by atoms with Crippen molar-refractivity contribution in [3.63, 3.8) is 0 Å². The lowest BCUT2D eigenvalue weighted by molar-refractivity contribution is -0.385. The van der Waals surface area contributed by atoms with E-state index in [2.05, 4.69) is 10.6 Å². The van der Waals surface area contributed by atoms with Crippen LogP contribution in [0.1, 0.15) is 22.8 Å². The summed E-state index contributed by atoms with van der Waals surface area (Å²) in [5.41, 5.74) is 2.50. The summed E-state index contributed by atoms with van der Waals surface area (Å²) in [6, 6.07) is 16.8. The molecule has 0 saturated heterocycles. The van der Waals surface area contributed by atoms with Gasteiger partial charge in [-0.3, -0.25) is 14.9 Å². The Morgan fingerprint density at radius 2 is 1.84 bits per heavy atom. The monoisotopic (exact) mass is 448 g/mol. The fourth-order valence-corrected chi connectivity index (χ4v) is 4.61. The molecule has 0 aromatic heterocycles. The molecule has 0 unspecified atom stereocenters. The molecular weight excluding hydrogens is 428 g/mol. The number of fused-ring (bicyclic) bond motifs is 2. The summed E-state index contributed by atoms with van der Waals surface area (Å²) in [6.45, 7) is 3.96. The van der Waals surface area contributed by atoms with Crippen molar-refractivity contribution in [2.45, 2.75) is 23.6 Å². The lowest BCUT2D eigenvalue weighted by atomic mass is 10.1. The molecule has 0 atom stereocenters. The molecule has 2 N–H and O–H groups in total. The van der Waals surface area contributed by atoms with E-state index in [4.69, 9.17) is 0 Å². The third-order valence-electron chi connectivity index (χ3n) is 5.16. The Morgan fingerprint density at radius 1 is 1.06 bits per heavy atom. The zero-order valence-electron chi connectivity index (χ0n) is 17.4. The van der Waals surface area contributed by atoms with E-state index in [9.17, 15) is 19.7 Å². The van der Waals surface area contributed by atoms with Gasteiger partial charge in [-0.25, -0.2) is 4.79 Å². The van der Waals surface area contributed by atoms with Gasteiger partial charge in [-0.05, 0) is 50.2 Å². The molecule has 0 fully saturated rings. The summed E-state index contributed by atoms with van der Waals surface area (Å²) in [5.74, 6) is -0.0943. The summed E-state index contributed by atoms with van der Waals surface area (Å²) < 4.78 is 0. The van der Waals surface area contributed by atoms with Crippen LogP contribution in [0.25, 0.3) is 0 Å². The third-order valence-corrected chi connectivity index (χ3v) is 6.30. The maximum Gasteiger partial charge on any atom is 0.323 e. The molecule has 8 nitrogen and oxygen atoms in total. The lowest BCUT2D eigenvalue weighted by Gasteiger charge is -2.22. The number of nitro groups is 1. The van der Waals surface area contributed by atoms with Crippen LogP contribution in [-0.4, -0.2) is 23.4 Å². The van der Waals surface area contributed by atoms with Crippen molar-refractivity contribution in [3.8, 4) is 0 Å². The van der Waals surface area contributed by atoms with Crippen LogP contribution in [0.5, 0.6) is 0 Å². The van der Waals surface area contributed by atoms with Crippen molar-refractivity contribution in [1.82, 2.24) is 0 Å². The van der Waals surface area contributed by atoms with Crippen molar-refractivity contribution in [3.05, 3.63) is 81.9 Å². The molecule has 3 aromatic carbocycles. The normalized spacial score (nSPS) is 12.4. The molecular formula is C23H20N4O4S. The predicted molar refractivity (Wildman–Crippen MR) is 125 cm³/mol. The Balaban J connectivity index is 1.59. The van der Waals surface area contributed by atoms with E-state index in [1.54, 1.807) is 30.0 Å². The molecule has 4 rings (SSSR count). The van der Waals surface area contributed by atoms with Gasteiger partial charge in [0.1, 0.15) is 0 Å². The average Bonchev–Trinajstić information content (AvgIpc) is 2.88. The number of nitrogens with zero attached hydrogens (tertiary/aromatic N) is 2. The number of urea groups is 1. The van der Waals surface area contributed by atoms with Crippen molar-refractivity contribution >= 4 is 46.4 Å². The first-order valence-electron chi connectivity index (χ1n) is 9.94. The highest BCUT2D eigenvalue weighted by atomic mass is 32.2. The number of nitrogens with one attached hydrogen (secondary N) is 2. The molecule has 0 saturated carbocycles. The van der Waals surface area contributed by atoms with Gasteiger partial charge < -0.3 is 15.5 Å². The lowest BCUT2D eigenvalue weighted by Crippen LogP contribution is -2.30. The first-order valence-corrected chi connectivity index (χ1v) is 10.8. The van der Waals surface area contributed by atoms with Crippen LogP contribution in [0.4, 0.5) is 27.5 Å². The molecule has 9 heteroatoms.